The van der Waals surface area contributed by atoms with E-state index in [0.29, 0.717) is 17.9 Å². The number of rotatable bonds is 5. The van der Waals surface area contributed by atoms with Crippen LogP contribution in [-0.4, -0.2) is 36.1 Å². The molecule has 5 atom stereocenters. The van der Waals surface area contributed by atoms with E-state index in [1.54, 1.807) is 7.11 Å². The van der Waals surface area contributed by atoms with Crippen molar-refractivity contribution < 1.29 is 4.74 Å². The van der Waals surface area contributed by atoms with Crippen molar-refractivity contribution in [3.8, 4) is 17.0 Å². The Bertz CT molecular complexity index is 1060. The van der Waals surface area contributed by atoms with Gasteiger partial charge in [0.15, 0.2) is 0 Å². The molecule has 4 heteroatoms. The van der Waals surface area contributed by atoms with Gasteiger partial charge in [-0.15, -0.1) is 6.58 Å². The lowest BCUT2D eigenvalue weighted by atomic mass is 9.73. The van der Waals surface area contributed by atoms with Crippen LogP contribution >= 0.6 is 0 Å². The molecule has 4 nitrogen and oxygen atoms in total. The Morgan fingerprint density at radius 1 is 1.20 bits per heavy atom. The van der Waals surface area contributed by atoms with Crippen molar-refractivity contribution in [3.63, 3.8) is 0 Å². The van der Waals surface area contributed by atoms with Crippen LogP contribution in [0.2, 0.25) is 0 Å². The first-order chi connectivity index (χ1) is 14.7. The largest absolute Gasteiger partial charge is 0.497 e. The number of pyridine rings is 1. The minimum Gasteiger partial charge on any atom is -0.497 e. The molecule has 3 fully saturated rings. The fraction of sp³-hybridized carbons (Fsp3) is 0.346. The molecule has 3 aromatic rings. The molecule has 0 saturated carbocycles. The number of benzene rings is 2. The second-order valence-electron chi connectivity index (χ2n) is 8.62. The zero-order valence-corrected chi connectivity index (χ0v) is 17.5. The van der Waals surface area contributed by atoms with Gasteiger partial charge in [-0.2, -0.15) is 0 Å². The first-order valence-electron chi connectivity index (χ1n) is 10.8. The first-order valence-corrected chi connectivity index (χ1v) is 10.8. The molecule has 1 aromatic heterocycles. The summed E-state index contributed by atoms with van der Waals surface area (Å²) in [6.07, 6.45) is 4.52. The van der Waals surface area contributed by atoms with E-state index < -0.39 is 0 Å². The second-order valence-corrected chi connectivity index (χ2v) is 8.62. The van der Waals surface area contributed by atoms with Gasteiger partial charge in [0.1, 0.15) is 5.75 Å². The summed E-state index contributed by atoms with van der Waals surface area (Å²) in [5.74, 6) is 2.12. The van der Waals surface area contributed by atoms with Crippen molar-refractivity contribution in [1.82, 2.24) is 9.88 Å². The monoisotopic (exact) mass is 399 g/mol. The molecule has 3 aliphatic heterocycles. The normalized spacial score (nSPS) is 26.5. The Balaban J connectivity index is 1.60. The summed E-state index contributed by atoms with van der Waals surface area (Å²) < 4.78 is 5.51. The first kappa shape index (κ1) is 19.3. The number of hydrogen-bond donors (Lipinski definition) is 1. The molecular formula is C26H29N3O. The Labute approximate surface area is 178 Å². The summed E-state index contributed by atoms with van der Waals surface area (Å²) in [6, 6.07) is 18.9. The van der Waals surface area contributed by atoms with Crippen molar-refractivity contribution >= 4 is 10.9 Å². The fourth-order valence-electron chi connectivity index (χ4n) is 5.35. The van der Waals surface area contributed by atoms with Crippen LogP contribution in [0.4, 0.5) is 0 Å². The number of aromatic nitrogens is 1. The zero-order valence-electron chi connectivity index (χ0n) is 17.5. The molecule has 0 spiro atoms. The summed E-state index contributed by atoms with van der Waals surface area (Å²) in [6.45, 7) is 6.26. The molecule has 0 radical (unpaired) electrons. The summed E-state index contributed by atoms with van der Waals surface area (Å²) in [5.41, 5.74) is 11.2. The van der Waals surface area contributed by atoms with Gasteiger partial charge in [0.2, 0.25) is 0 Å². The van der Waals surface area contributed by atoms with E-state index in [4.69, 9.17) is 15.5 Å². The second kappa shape index (κ2) is 7.86. The highest BCUT2D eigenvalue weighted by Gasteiger charge is 2.41. The molecule has 6 rings (SSSR count). The third-order valence-electron chi connectivity index (χ3n) is 7.04. The smallest absolute Gasteiger partial charge is 0.119 e. The van der Waals surface area contributed by atoms with E-state index in [9.17, 15) is 0 Å². The maximum Gasteiger partial charge on any atom is 0.119 e. The fourth-order valence-corrected chi connectivity index (χ4v) is 5.35. The lowest BCUT2D eigenvalue weighted by Gasteiger charge is -2.51. The highest BCUT2D eigenvalue weighted by Crippen LogP contribution is 2.42. The minimum absolute atomic E-state index is 0.0707. The van der Waals surface area contributed by atoms with E-state index in [1.807, 2.05) is 18.2 Å². The maximum atomic E-state index is 7.01. The van der Waals surface area contributed by atoms with Gasteiger partial charge in [0.05, 0.1) is 18.3 Å². The number of nitrogens with two attached hydrogens (primary N) is 1. The maximum absolute atomic E-state index is 7.01. The number of piperidine rings is 3. The van der Waals surface area contributed by atoms with Gasteiger partial charge in [-0.3, -0.25) is 4.90 Å². The molecule has 4 heterocycles. The van der Waals surface area contributed by atoms with Crippen LogP contribution in [0.1, 0.15) is 24.4 Å². The molecule has 154 valence electrons. The minimum atomic E-state index is -0.0707. The molecule has 0 aliphatic carbocycles. The molecule has 2 bridgehead atoms. The van der Waals surface area contributed by atoms with Crippen LogP contribution in [0, 0.1) is 11.8 Å². The van der Waals surface area contributed by atoms with E-state index in [0.717, 1.165) is 53.0 Å². The predicted octanol–water partition coefficient (Wildman–Crippen LogP) is 4.81. The van der Waals surface area contributed by atoms with Crippen molar-refractivity contribution in [2.75, 3.05) is 20.2 Å². The van der Waals surface area contributed by atoms with Gasteiger partial charge in [-0.05, 0) is 61.1 Å². The number of nitrogens with zero attached hydrogens (tertiary/aromatic N) is 2. The van der Waals surface area contributed by atoms with Crippen LogP contribution in [0.15, 0.2) is 67.3 Å². The molecular weight excluding hydrogens is 370 g/mol. The highest BCUT2D eigenvalue weighted by molar-refractivity contribution is 5.87. The van der Waals surface area contributed by atoms with Gasteiger partial charge in [0, 0.05) is 29.6 Å². The van der Waals surface area contributed by atoms with Gasteiger partial charge >= 0.3 is 0 Å². The highest BCUT2D eigenvalue weighted by atomic mass is 16.5. The van der Waals surface area contributed by atoms with Crippen LogP contribution in [-0.2, 0) is 0 Å². The lowest BCUT2D eigenvalue weighted by molar-refractivity contribution is 0.00750. The van der Waals surface area contributed by atoms with Crippen LogP contribution < -0.4 is 10.5 Å². The van der Waals surface area contributed by atoms with E-state index >= 15 is 0 Å². The van der Waals surface area contributed by atoms with E-state index in [1.165, 1.54) is 6.42 Å². The summed E-state index contributed by atoms with van der Waals surface area (Å²) in [7, 11) is 1.70. The third-order valence-corrected chi connectivity index (χ3v) is 7.04. The van der Waals surface area contributed by atoms with Gasteiger partial charge in [-0.1, -0.05) is 36.4 Å². The molecule has 2 aromatic carbocycles. The van der Waals surface area contributed by atoms with Gasteiger partial charge < -0.3 is 10.5 Å². The lowest BCUT2D eigenvalue weighted by Crippen LogP contribution is -2.56. The predicted molar refractivity (Wildman–Crippen MR) is 122 cm³/mol. The zero-order chi connectivity index (χ0) is 20.7. The molecule has 0 amide bonds. The molecule has 3 aliphatic rings. The average molecular weight is 400 g/mol. The Morgan fingerprint density at radius 2 is 2.03 bits per heavy atom. The number of ether oxygens (including phenoxy) is 1. The van der Waals surface area contributed by atoms with Crippen LogP contribution in [0.5, 0.6) is 5.75 Å². The average Bonchev–Trinajstić information content (AvgIpc) is 2.83. The quantitative estimate of drug-likeness (QED) is 0.626. The topological polar surface area (TPSA) is 51.4 Å². The summed E-state index contributed by atoms with van der Waals surface area (Å²) >= 11 is 0. The molecule has 30 heavy (non-hydrogen) atoms. The van der Waals surface area contributed by atoms with Crippen molar-refractivity contribution in [1.29, 1.82) is 0 Å². The van der Waals surface area contributed by atoms with Crippen molar-refractivity contribution in [2.45, 2.75) is 24.9 Å². The van der Waals surface area contributed by atoms with Crippen LogP contribution in [0.3, 0.4) is 0 Å². The number of fused-ring (bicyclic) bond motifs is 4. The molecule has 2 N–H and O–H groups in total. The summed E-state index contributed by atoms with van der Waals surface area (Å²) in [4.78, 5) is 7.52. The SMILES string of the molecule is C=CC1CN2CCC1C[C@H]2[C@@H](N)c1cc(-c2ccccc2)nc2ccc(OC)cc12. The standard InChI is InChI=1S/C26H29N3O/c1-3-17-16-29-12-11-19(17)13-25(29)26(27)22-15-24(18-7-5-4-6-8-18)28-23-10-9-20(30-2)14-21(22)23/h3-10,14-15,17,19,25-26H,1,11-13,16,27H2,2H3/t17?,19?,25-,26-/m0/s1. The Morgan fingerprint density at radius 3 is 2.73 bits per heavy atom. The Kier molecular flexibility index (Phi) is 5.05. The van der Waals surface area contributed by atoms with Crippen LogP contribution in [0.25, 0.3) is 22.2 Å². The van der Waals surface area contributed by atoms with Crippen molar-refractivity contribution in [2.24, 2.45) is 17.6 Å². The van der Waals surface area contributed by atoms with Gasteiger partial charge in [-0.25, -0.2) is 4.98 Å². The molecule has 3 unspecified atom stereocenters. The summed E-state index contributed by atoms with van der Waals surface area (Å²) in [5, 5.41) is 1.09. The third kappa shape index (κ3) is 3.30. The number of methoxy groups -OCH3 is 1. The van der Waals surface area contributed by atoms with Crippen molar-refractivity contribution in [3.05, 3.63) is 72.8 Å². The van der Waals surface area contributed by atoms with E-state index in [2.05, 4.69) is 54.0 Å². The Hall–Kier alpha value is -2.69. The molecule has 3 saturated heterocycles. The van der Waals surface area contributed by atoms with E-state index in [-0.39, 0.29) is 6.04 Å². The van der Waals surface area contributed by atoms with Gasteiger partial charge in [0.25, 0.3) is 0 Å². The number of hydrogen-bond acceptors (Lipinski definition) is 4.